The summed E-state index contributed by atoms with van der Waals surface area (Å²) < 4.78 is 10.6. The second-order valence-electron chi connectivity index (χ2n) is 4.10. The van der Waals surface area contributed by atoms with E-state index in [1.54, 1.807) is 0 Å². The van der Waals surface area contributed by atoms with E-state index in [2.05, 4.69) is 10.1 Å². The molecule has 0 spiro atoms. The first-order valence-corrected chi connectivity index (χ1v) is 5.99. The lowest BCUT2D eigenvalue weighted by Gasteiger charge is -2.07. The first-order chi connectivity index (χ1) is 8.69. The highest BCUT2D eigenvalue weighted by Gasteiger charge is 2.05. The molecule has 0 fully saturated rings. The summed E-state index contributed by atoms with van der Waals surface area (Å²) in [5.41, 5.74) is 6.85. The molecule has 0 saturated carbocycles. The summed E-state index contributed by atoms with van der Waals surface area (Å²) in [6.07, 6.45) is 0.757. The molecule has 2 N–H and O–H groups in total. The summed E-state index contributed by atoms with van der Waals surface area (Å²) in [5, 5.41) is 3.80. The topological polar surface area (TPSA) is 74.2 Å². The maximum absolute atomic E-state index is 5.77. The monoisotopic (exact) mass is 247 g/mol. The Balaban J connectivity index is 1.93. The predicted octanol–water partition coefficient (Wildman–Crippen LogP) is 2.23. The van der Waals surface area contributed by atoms with Crippen molar-refractivity contribution >= 4 is 0 Å². The number of hydrogen-bond donors (Lipinski definition) is 1. The van der Waals surface area contributed by atoms with Crippen LogP contribution in [0.4, 0.5) is 0 Å². The van der Waals surface area contributed by atoms with Crippen LogP contribution in [-0.4, -0.2) is 10.1 Å². The van der Waals surface area contributed by atoms with Gasteiger partial charge in [0.2, 0.25) is 0 Å². The molecule has 0 aliphatic carbocycles. The fourth-order valence-electron chi connectivity index (χ4n) is 1.51. The molecule has 0 radical (unpaired) electrons. The van der Waals surface area contributed by atoms with Crippen molar-refractivity contribution in [3.63, 3.8) is 0 Å². The maximum atomic E-state index is 5.77. The molecule has 1 aromatic carbocycles. The third-order valence-corrected chi connectivity index (χ3v) is 2.59. The zero-order chi connectivity index (χ0) is 13.0. The predicted molar refractivity (Wildman–Crippen MR) is 67.1 cm³/mol. The Morgan fingerprint density at radius 3 is 2.61 bits per heavy atom. The quantitative estimate of drug-likeness (QED) is 0.877. The third kappa shape index (κ3) is 3.07. The Morgan fingerprint density at radius 2 is 2.06 bits per heavy atom. The van der Waals surface area contributed by atoms with Crippen LogP contribution in [0.3, 0.4) is 0 Å². The van der Waals surface area contributed by atoms with Gasteiger partial charge in [0, 0.05) is 12.5 Å². The number of aromatic nitrogens is 2. The van der Waals surface area contributed by atoms with E-state index < -0.39 is 0 Å². The zero-order valence-corrected chi connectivity index (χ0v) is 10.6. The Kier molecular flexibility index (Phi) is 3.94. The average molecular weight is 247 g/mol. The van der Waals surface area contributed by atoms with Crippen LogP contribution in [0.15, 0.2) is 28.8 Å². The van der Waals surface area contributed by atoms with E-state index in [-0.39, 0.29) is 12.6 Å². The van der Waals surface area contributed by atoms with Crippen LogP contribution in [0.25, 0.3) is 0 Å². The van der Waals surface area contributed by atoms with E-state index in [0.29, 0.717) is 11.7 Å². The average Bonchev–Trinajstić information content (AvgIpc) is 2.85. The summed E-state index contributed by atoms with van der Waals surface area (Å²) in [7, 11) is 0. The summed E-state index contributed by atoms with van der Waals surface area (Å²) in [4.78, 5) is 4.17. The molecule has 96 valence electrons. The van der Waals surface area contributed by atoms with Gasteiger partial charge in [-0.2, -0.15) is 4.98 Å². The van der Waals surface area contributed by atoms with Gasteiger partial charge in [-0.25, -0.2) is 0 Å². The van der Waals surface area contributed by atoms with Crippen molar-refractivity contribution in [3.05, 3.63) is 41.5 Å². The van der Waals surface area contributed by atoms with Crippen LogP contribution >= 0.6 is 0 Å². The third-order valence-electron chi connectivity index (χ3n) is 2.59. The van der Waals surface area contributed by atoms with Gasteiger partial charge < -0.3 is 15.0 Å². The van der Waals surface area contributed by atoms with E-state index in [0.717, 1.165) is 17.7 Å². The van der Waals surface area contributed by atoms with Crippen molar-refractivity contribution in [2.24, 2.45) is 5.73 Å². The van der Waals surface area contributed by atoms with Crippen molar-refractivity contribution in [1.29, 1.82) is 0 Å². The SMILES string of the molecule is CCc1noc(COc2ccc(C(C)N)cc2)n1. The molecule has 18 heavy (non-hydrogen) atoms. The van der Waals surface area contributed by atoms with E-state index >= 15 is 0 Å². The van der Waals surface area contributed by atoms with Crippen LogP contribution in [-0.2, 0) is 13.0 Å². The standard InChI is InChI=1S/C13H17N3O2/c1-3-12-15-13(18-16-12)8-17-11-6-4-10(5-7-11)9(2)14/h4-7,9H,3,8,14H2,1-2H3. The number of aryl methyl sites for hydroxylation is 1. The van der Waals surface area contributed by atoms with Gasteiger partial charge in [-0.3, -0.25) is 0 Å². The molecule has 2 aromatic rings. The van der Waals surface area contributed by atoms with Gasteiger partial charge in [-0.05, 0) is 24.6 Å². The van der Waals surface area contributed by atoms with E-state index in [9.17, 15) is 0 Å². The maximum Gasteiger partial charge on any atom is 0.264 e. The number of benzene rings is 1. The number of rotatable bonds is 5. The molecule has 0 aliphatic rings. The number of ether oxygens (including phenoxy) is 1. The molecular weight excluding hydrogens is 230 g/mol. The first kappa shape index (κ1) is 12.6. The van der Waals surface area contributed by atoms with Crippen molar-refractivity contribution in [3.8, 4) is 5.75 Å². The first-order valence-electron chi connectivity index (χ1n) is 5.99. The lowest BCUT2D eigenvalue weighted by atomic mass is 10.1. The highest BCUT2D eigenvalue weighted by molar-refractivity contribution is 5.28. The molecular formula is C13H17N3O2. The fourth-order valence-corrected chi connectivity index (χ4v) is 1.51. The Labute approximate surface area is 106 Å². The molecule has 0 amide bonds. The molecule has 0 bridgehead atoms. The van der Waals surface area contributed by atoms with Crippen LogP contribution in [0.1, 0.15) is 37.2 Å². The van der Waals surface area contributed by atoms with Crippen molar-refractivity contribution in [2.45, 2.75) is 32.9 Å². The number of hydrogen-bond acceptors (Lipinski definition) is 5. The van der Waals surface area contributed by atoms with Gasteiger partial charge >= 0.3 is 0 Å². The molecule has 1 aromatic heterocycles. The summed E-state index contributed by atoms with van der Waals surface area (Å²) in [6, 6.07) is 7.70. The lowest BCUT2D eigenvalue weighted by Crippen LogP contribution is -2.04. The van der Waals surface area contributed by atoms with Gasteiger partial charge in [0.05, 0.1) is 0 Å². The number of nitrogens with zero attached hydrogens (tertiary/aromatic N) is 2. The second-order valence-corrected chi connectivity index (χ2v) is 4.10. The van der Waals surface area contributed by atoms with Crippen molar-refractivity contribution < 1.29 is 9.26 Å². The van der Waals surface area contributed by atoms with Crippen LogP contribution in [0, 0.1) is 0 Å². The molecule has 5 nitrogen and oxygen atoms in total. The molecule has 1 atom stereocenters. The summed E-state index contributed by atoms with van der Waals surface area (Å²) in [6.45, 7) is 4.20. The van der Waals surface area contributed by atoms with E-state index in [1.165, 1.54) is 0 Å². The van der Waals surface area contributed by atoms with E-state index in [4.69, 9.17) is 15.0 Å². The zero-order valence-electron chi connectivity index (χ0n) is 10.6. The Bertz CT molecular complexity index is 491. The highest BCUT2D eigenvalue weighted by atomic mass is 16.5. The molecule has 2 rings (SSSR count). The van der Waals surface area contributed by atoms with Crippen LogP contribution in [0.5, 0.6) is 5.75 Å². The smallest absolute Gasteiger partial charge is 0.264 e. The minimum absolute atomic E-state index is 0.0297. The number of nitrogens with two attached hydrogens (primary N) is 1. The Hall–Kier alpha value is -1.88. The summed E-state index contributed by atoms with van der Waals surface area (Å²) >= 11 is 0. The van der Waals surface area contributed by atoms with Gasteiger partial charge in [-0.15, -0.1) is 0 Å². The lowest BCUT2D eigenvalue weighted by molar-refractivity contribution is 0.242. The van der Waals surface area contributed by atoms with Crippen molar-refractivity contribution in [2.75, 3.05) is 0 Å². The molecule has 5 heteroatoms. The van der Waals surface area contributed by atoms with Crippen LogP contribution < -0.4 is 10.5 Å². The van der Waals surface area contributed by atoms with Gasteiger partial charge in [-0.1, -0.05) is 24.2 Å². The molecule has 1 unspecified atom stereocenters. The van der Waals surface area contributed by atoms with Gasteiger partial charge in [0.25, 0.3) is 5.89 Å². The fraction of sp³-hybridized carbons (Fsp3) is 0.385. The van der Waals surface area contributed by atoms with E-state index in [1.807, 2.05) is 38.1 Å². The highest BCUT2D eigenvalue weighted by Crippen LogP contribution is 2.17. The van der Waals surface area contributed by atoms with Gasteiger partial charge in [0.1, 0.15) is 5.75 Å². The normalized spacial score (nSPS) is 12.4. The summed E-state index contributed by atoms with van der Waals surface area (Å²) in [5.74, 6) is 1.94. The van der Waals surface area contributed by atoms with Crippen molar-refractivity contribution in [1.82, 2.24) is 10.1 Å². The minimum atomic E-state index is 0.0297. The minimum Gasteiger partial charge on any atom is -0.484 e. The molecule has 0 saturated heterocycles. The largest absolute Gasteiger partial charge is 0.484 e. The molecule has 0 aliphatic heterocycles. The van der Waals surface area contributed by atoms with Gasteiger partial charge in [0.15, 0.2) is 12.4 Å². The Morgan fingerprint density at radius 1 is 1.33 bits per heavy atom. The van der Waals surface area contributed by atoms with Crippen LogP contribution in [0.2, 0.25) is 0 Å². The second kappa shape index (κ2) is 5.64. The molecule has 1 heterocycles.